The molecule has 0 unspecified atom stereocenters. The van der Waals surface area contributed by atoms with E-state index in [0.29, 0.717) is 6.54 Å². The first-order valence-electron chi connectivity index (χ1n) is 7.74. The Bertz CT molecular complexity index is 751. The minimum absolute atomic E-state index is 0.146. The maximum absolute atomic E-state index is 12.1. The van der Waals surface area contributed by atoms with Crippen LogP contribution in [0.4, 0.5) is 4.79 Å². The zero-order valence-electron chi connectivity index (χ0n) is 12.9. The number of aryl methyl sites for hydroxylation is 1. The number of carbonyl (C=O) groups is 1. The van der Waals surface area contributed by atoms with Gasteiger partial charge in [0.2, 0.25) is 0 Å². The summed E-state index contributed by atoms with van der Waals surface area (Å²) in [6, 6.07) is 20.0. The van der Waals surface area contributed by atoms with Crippen LogP contribution >= 0.6 is 0 Å². The molecule has 3 rings (SSSR count). The number of hydrogen-bond donors (Lipinski definition) is 1. The number of amides is 1. The van der Waals surface area contributed by atoms with Crippen LogP contribution < -0.4 is 5.32 Å². The van der Waals surface area contributed by atoms with E-state index in [1.807, 2.05) is 48.5 Å². The molecule has 4 heteroatoms. The Morgan fingerprint density at radius 3 is 2.43 bits per heavy atom. The van der Waals surface area contributed by atoms with Crippen molar-refractivity contribution in [1.82, 2.24) is 14.9 Å². The number of imidazole rings is 1. The fourth-order valence-corrected chi connectivity index (χ4v) is 2.42. The molecule has 0 saturated heterocycles. The second-order valence-electron chi connectivity index (χ2n) is 5.35. The van der Waals surface area contributed by atoms with Crippen LogP contribution in [-0.4, -0.2) is 22.1 Å². The highest BCUT2D eigenvalue weighted by Crippen LogP contribution is 2.15. The first kappa shape index (κ1) is 15.0. The van der Waals surface area contributed by atoms with Gasteiger partial charge in [-0.3, -0.25) is 4.57 Å². The fourth-order valence-electron chi connectivity index (χ4n) is 2.42. The van der Waals surface area contributed by atoms with Crippen LogP contribution in [0.15, 0.2) is 73.2 Å². The minimum atomic E-state index is -0.146. The topological polar surface area (TPSA) is 46.9 Å². The molecule has 4 nitrogen and oxygen atoms in total. The highest BCUT2D eigenvalue weighted by molar-refractivity contribution is 5.77. The molecule has 116 valence electrons. The predicted molar refractivity (Wildman–Crippen MR) is 91.2 cm³/mol. The molecule has 0 radical (unpaired) electrons. The summed E-state index contributed by atoms with van der Waals surface area (Å²) in [5.74, 6) is 0. The molecule has 1 heterocycles. The van der Waals surface area contributed by atoms with Gasteiger partial charge in [0.1, 0.15) is 6.33 Å². The van der Waals surface area contributed by atoms with Gasteiger partial charge < -0.3 is 5.32 Å². The molecule has 2 aromatic carbocycles. The summed E-state index contributed by atoms with van der Waals surface area (Å²) in [4.78, 5) is 16.4. The third kappa shape index (κ3) is 4.07. The van der Waals surface area contributed by atoms with Gasteiger partial charge in [-0.15, -0.1) is 0 Å². The van der Waals surface area contributed by atoms with Gasteiger partial charge in [-0.05, 0) is 18.4 Å². The second kappa shape index (κ2) is 7.40. The Labute approximate surface area is 135 Å². The van der Waals surface area contributed by atoms with E-state index < -0.39 is 0 Å². The van der Waals surface area contributed by atoms with Gasteiger partial charge in [0.05, 0.1) is 5.69 Å². The van der Waals surface area contributed by atoms with Crippen molar-refractivity contribution >= 4 is 6.03 Å². The zero-order chi connectivity index (χ0) is 15.9. The number of aromatic nitrogens is 2. The van der Waals surface area contributed by atoms with Crippen LogP contribution in [0.3, 0.4) is 0 Å². The third-order valence-corrected chi connectivity index (χ3v) is 3.65. The summed E-state index contributed by atoms with van der Waals surface area (Å²) in [6.07, 6.45) is 5.17. The number of nitrogens with one attached hydrogen (secondary N) is 1. The third-order valence-electron chi connectivity index (χ3n) is 3.65. The Balaban J connectivity index is 1.50. The molecule has 1 N–H and O–H groups in total. The van der Waals surface area contributed by atoms with E-state index in [1.54, 1.807) is 12.5 Å². The normalized spacial score (nSPS) is 10.4. The van der Waals surface area contributed by atoms with Gasteiger partial charge in [-0.2, -0.15) is 0 Å². The Morgan fingerprint density at radius 2 is 1.70 bits per heavy atom. The van der Waals surface area contributed by atoms with Crippen molar-refractivity contribution in [2.75, 3.05) is 6.54 Å². The van der Waals surface area contributed by atoms with Gasteiger partial charge in [0.15, 0.2) is 0 Å². The van der Waals surface area contributed by atoms with Gasteiger partial charge in [0, 0.05) is 18.3 Å². The summed E-state index contributed by atoms with van der Waals surface area (Å²) in [5.41, 5.74) is 3.09. The van der Waals surface area contributed by atoms with E-state index in [4.69, 9.17) is 0 Å². The fraction of sp³-hybridized carbons (Fsp3) is 0.158. The first-order chi connectivity index (χ1) is 11.3. The van der Waals surface area contributed by atoms with Gasteiger partial charge in [-0.1, -0.05) is 60.7 Å². The molecule has 23 heavy (non-hydrogen) atoms. The van der Waals surface area contributed by atoms with Crippen LogP contribution in [0.25, 0.3) is 11.3 Å². The zero-order valence-corrected chi connectivity index (χ0v) is 12.9. The highest BCUT2D eigenvalue weighted by atomic mass is 16.2. The molecule has 0 fully saturated rings. The van der Waals surface area contributed by atoms with Crippen molar-refractivity contribution in [3.63, 3.8) is 0 Å². The quantitative estimate of drug-likeness (QED) is 0.730. The van der Waals surface area contributed by atoms with E-state index in [-0.39, 0.29) is 6.03 Å². The van der Waals surface area contributed by atoms with Crippen molar-refractivity contribution in [2.45, 2.75) is 12.8 Å². The smallest absolute Gasteiger partial charge is 0.326 e. The van der Waals surface area contributed by atoms with Crippen molar-refractivity contribution in [3.05, 3.63) is 78.8 Å². The Morgan fingerprint density at radius 1 is 1.00 bits per heavy atom. The molecule has 1 amide bonds. The number of rotatable bonds is 5. The van der Waals surface area contributed by atoms with Gasteiger partial charge >= 0.3 is 6.03 Å². The average molecular weight is 305 g/mol. The molecule has 0 aliphatic rings. The molecule has 1 aromatic heterocycles. The second-order valence-corrected chi connectivity index (χ2v) is 5.35. The number of carbonyl (C=O) groups excluding carboxylic acids is 1. The molecule has 3 aromatic rings. The summed E-state index contributed by atoms with van der Waals surface area (Å²) in [7, 11) is 0. The van der Waals surface area contributed by atoms with Crippen LogP contribution in [0.2, 0.25) is 0 Å². The lowest BCUT2D eigenvalue weighted by Crippen LogP contribution is -2.28. The number of nitrogens with zero attached hydrogens (tertiary/aromatic N) is 2. The molecular weight excluding hydrogens is 286 g/mol. The summed E-state index contributed by atoms with van der Waals surface area (Å²) in [6.45, 7) is 0.645. The lowest BCUT2D eigenvalue weighted by atomic mass is 10.1. The molecule has 0 bridgehead atoms. The largest absolute Gasteiger partial charge is 0.337 e. The summed E-state index contributed by atoms with van der Waals surface area (Å²) >= 11 is 0. The maximum Gasteiger partial charge on any atom is 0.326 e. The summed E-state index contributed by atoms with van der Waals surface area (Å²) < 4.78 is 1.49. The van der Waals surface area contributed by atoms with Crippen LogP contribution in [-0.2, 0) is 6.42 Å². The van der Waals surface area contributed by atoms with Gasteiger partial charge in [-0.25, -0.2) is 9.78 Å². The SMILES string of the molecule is O=C(NCCCc1ccccc1)n1cnc(-c2ccccc2)c1. The van der Waals surface area contributed by atoms with Crippen LogP contribution in [0, 0.1) is 0 Å². The highest BCUT2D eigenvalue weighted by Gasteiger charge is 2.07. The van der Waals surface area contributed by atoms with Crippen LogP contribution in [0.1, 0.15) is 12.0 Å². The maximum atomic E-state index is 12.1. The van der Waals surface area contributed by atoms with E-state index in [9.17, 15) is 4.79 Å². The minimum Gasteiger partial charge on any atom is -0.337 e. The monoisotopic (exact) mass is 305 g/mol. The Hall–Kier alpha value is -2.88. The van der Waals surface area contributed by atoms with E-state index in [0.717, 1.165) is 24.1 Å². The van der Waals surface area contributed by atoms with E-state index >= 15 is 0 Å². The van der Waals surface area contributed by atoms with E-state index in [1.165, 1.54) is 10.1 Å². The van der Waals surface area contributed by atoms with Crippen molar-refractivity contribution < 1.29 is 4.79 Å². The Kier molecular flexibility index (Phi) is 4.84. The van der Waals surface area contributed by atoms with Crippen molar-refractivity contribution in [3.8, 4) is 11.3 Å². The average Bonchev–Trinajstić information content (AvgIpc) is 3.10. The first-order valence-corrected chi connectivity index (χ1v) is 7.74. The lowest BCUT2D eigenvalue weighted by Gasteiger charge is -2.05. The lowest BCUT2D eigenvalue weighted by molar-refractivity contribution is 0.242. The van der Waals surface area contributed by atoms with Crippen LogP contribution in [0.5, 0.6) is 0 Å². The molecule has 0 aliphatic carbocycles. The van der Waals surface area contributed by atoms with Crippen molar-refractivity contribution in [1.29, 1.82) is 0 Å². The standard InChI is InChI=1S/C19H19N3O/c23-19(20-13-7-10-16-8-3-1-4-9-16)22-14-18(21-15-22)17-11-5-2-6-12-17/h1-6,8-9,11-12,14-15H,7,10,13H2,(H,20,23). The molecule has 0 spiro atoms. The number of benzene rings is 2. The molecule has 0 atom stereocenters. The number of hydrogen-bond acceptors (Lipinski definition) is 2. The molecular formula is C19H19N3O. The van der Waals surface area contributed by atoms with E-state index in [2.05, 4.69) is 22.4 Å². The molecule has 0 aliphatic heterocycles. The van der Waals surface area contributed by atoms with Crippen molar-refractivity contribution in [2.24, 2.45) is 0 Å². The summed E-state index contributed by atoms with van der Waals surface area (Å²) in [5, 5.41) is 2.92. The van der Waals surface area contributed by atoms with Gasteiger partial charge in [0.25, 0.3) is 0 Å². The predicted octanol–water partition coefficient (Wildman–Crippen LogP) is 3.74. The molecule has 0 saturated carbocycles.